The van der Waals surface area contributed by atoms with E-state index in [1.807, 2.05) is 6.07 Å². The standard InChI is InChI=1S/C17H30N4O2S/c1-4-5-6-7-9-14(2)21-17(19-3)20-13-15-10-8-11-16(12-15)24(18,22)23/h8,10-12,14H,4-7,9,13H2,1-3H3,(H2,18,22,23)(H2,19,20,21). The van der Waals surface area contributed by atoms with E-state index in [9.17, 15) is 8.42 Å². The SMILES string of the molecule is CCCCCCC(C)NC(=NC)NCc1cccc(S(N)(=O)=O)c1. The summed E-state index contributed by atoms with van der Waals surface area (Å²) in [5.41, 5.74) is 0.833. The Morgan fingerprint density at radius 3 is 2.67 bits per heavy atom. The van der Waals surface area contributed by atoms with E-state index < -0.39 is 10.0 Å². The molecule has 4 N–H and O–H groups in total. The predicted octanol–water partition coefficient (Wildman–Crippen LogP) is 2.36. The molecule has 0 bridgehead atoms. The first kappa shape index (κ1) is 20.4. The molecule has 0 aliphatic heterocycles. The van der Waals surface area contributed by atoms with E-state index in [1.165, 1.54) is 31.7 Å². The van der Waals surface area contributed by atoms with Gasteiger partial charge in [0.05, 0.1) is 4.90 Å². The normalized spacial score (nSPS) is 13.6. The van der Waals surface area contributed by atoms with Crippen molar-refractivity contribution in [2.75, 3.05) is 7.05 Å². The van der Waals surface area contributed by atoms with Gasteiger partial charge in [-0.1, -0.05) is 44.7 Å². The van der Waals surface area contributed by atoms with Crippen LogP contribution in [0.25, 0.3) is 0 Å². The summed E-state index contributed by atoms with van der Waals surface area (Å²) in [5, 5.41) is 11.7. The number of primary sulfonamides is 1. The number of unbranched alkanes of at least 4 members (excludes halogenated alkanes) is 3. The van der Waals surface area contributed by atoms with Gasteiger partial charge in [0.25, 0.3) is 0 Å². The number of nitrogens with zero attached hydrogens (tertiary/aromatic N) is 1. The molecule has 0 aromatic heterocycles. The third-order valence-corrected chi connectivity index (χ3v) is 4.70. The molecule has 24 heavy (non-hydrogen) atoms. The molecule has 136 valence electrons. The van der Waals surface area contributed by atoms with Crippen LogP contribution in [0.2, 0.25) is 0 Å². The zero-order valence-corrected chi connectivity index (χ0v) is 15.7. The Kier molecular flexibility index (Phi) is 8.78. The van der Waals surface area contributed by atoms with Crippen molar-refractivity contribution in [2.24, 2.45) is 10.1 Å². The number of sulfonamides is 1. The van der Waals surface area contributed by atoms with Crippen molar-refractivity contribution < 1.29 is 8.42 Å². The van der Waals surface area contributed by atoms with Crippen LogP contribution < -0.4 is 15.8 Å². The summed E-state index contributed by atoms with van der Waals surface area (Å²) in [4.78, 5) is 4.33. The molecule has 7 heteroatoms. The molecular formula is C17H30N4O2S. The first-order valence-corrected chi connectivity index (χ1v) is 10.0. The molecule has 0 aliphatic rings. The lowest BCUT2D eigenvalue weighted by Gasteiger charge is -2.18. The van der Waals surface area contributed by atoms with E-state index in [2.05, 4.69) is 29.5 Å². The fourth-order valence-electron chi connectivity index (χ4n) is 2.40. The van der Waals surface area contributed by atoms with Crippen LogP contribution in [0.3, 0.4) is 0 Å². The predicted molar refractivity (Wildman–Crippen MR) is 99.4 cm³/mol. The highest BCUT2D eigenvalue weighted by molar-refractivity contribution is 7.89. The van der Waals surface area contributed by atoms with E-state index in [-0.39, 0.29) is 4.90 Å². The van der Waals surface area contributed by atoms with Crippen molar-refractivity contribution in [2.45, 2.75) is 63.4 Å². The van der Waals surface area contributed by atoms with E-state index >= 15 is 0 Å². The van der Waals surface area contributed by atoms with Gasteiger partial charge in [-0.3, -0.25) is 4.99 Å². The minimum Gasteiger partial charge on any atom is -0.354 e. The minimum absolute atomic E-state index is 0.119. The Labute approximate surface area is 146 Å². The highest BCUT2D eigenvalue weighted by Gasteiger charge is 2.09. The zero-order chi connectivity index (χ0) is 18.0. The summed E-state index contributed by atoms with van der Waals surface area (Å²) in [7, 11) is -1.96. The Hall–Kier alpha value is -1.60. The highest BCUT2D eigenvalue weighted by Crippen LogP contribution is 2.09. The van der Waals surface area contributed by atoms with Crippen molar-refractivity contribution in [1.29, 1.82) is 0 Å². The van der Waals surface area contributed by atoms with Gasteiger partial charge in [-0.05, 0) is 31.0 Å². The van der Waals surface area contributed by atoms with Crippen LogP contribution in [0.4, 0.5) is 0 Å². The minimum atomic E-state index is -3.68. The lowest BCUT2D eigenvalue weighted by molar-refractivity contribution is 0.537. The molecule has 0 spiro atoms. The number of aliphatic imine (C=N–C) groups is 1. The Morgan fingerprint density at radius 2 is 2.04 bits per heavy atom. The van der Waals surface area contributed by atoms with Crippen molar-refractivity contribution in [3.63, 3.8) is 0 Å². The smallest absolute Gasteiger partial charge is 0.238 e. The maximum atomic E-state index is 11.4. The molecule has 0 saturated heterocycles. The van der Waals surface area contributed by atoms with Crippen LogP contribution in [0, 0.1) is 0 Å². The number of nitrogens with two attached hydrogens (primary N) is 1. The van der Waals surface area contributed by atoms with Gasteiger partial charge >= 0.3 is 0 Å². The van der Waals surface area contributed by atoms with Crippen LogP contribution >= 0.6 is 0 Å². The van der Waals surface area contributed by atoms with Gasteiger partial charge in [0.2, 0.25) is 10.0 Å². The monoisotopic (exact) mass is 354 g/mol. The van der Waals surface area contributed by atoms with Crippen LogP contribution in [0.1, 0.15) is 51.5 Å². The fraction of sp³-hybridized carbons (Fsp3) is 0.588. The summed E-state index contributed by atoms with van der Waals surface area (Å²) in [6.07, 6.45) is 6.08. The van der Waals surface area contributed by atoms with Gasteiger partial charge in [-0.15, -0.1) is 0 Å². The van der Waals surface area contributed by atoms with E-state index in [4.69, 9.17) is 5.14 Å². The zero-order valence-electron chi connectivity index (χ0n) is 14.9. The maximum absolute atomic E-state index is 11.4. The van der Waals surface area contributed by atoms with Crippen LogP contribution in [0.15, 0.2) is 34.2 Å². The van der Waals surface area contributed by atoms with Crippen molar-refractivity contribution in [1.82, 2.24) is 10.6 Å². The van der Waals surface area contributed by atoms with Crippen LogP contribution in [-0.4, -0.2) is 27.5 Å². The number of rotatable bonds is 9. The summed E-state index contributed by atoms with van der Waals surface area (Å²) >= 11 is 0. The van der Waals surface area contributed by atoms with E-state index in [0.717, 1.165) is 12.0 Å². The molecular weight excluding hydrogens is 324 g/mol. The van der Waals surface area contributed by atoms with Gasteiger partial charge in [0.1, 0.15) is 0 Å². The molecule has 0 amide bonds. The number of hydrogen-bond donors (Lipinski definition) is 3. The second-order valence-corrected chi connectivity index (χ2v) is 7.57. The second kappa shape index (κ2) is 10.3. The van der Waals surface area contributed by atoms with Crippen molar-refractivity contribution in [3.05, 3.63) is 29.8 Å². The van der Waals surface area contributed by atoms with Crippen LogP contribution in [-0.2, 0) is 16.6 Å². The van der Waals surface area contributed by atoms with Gasteiger partial charge in [0.15, 0.2) is 5.96 Å². The van der Waals surface area contributed by atoms with Gasteiger partial charge < -0.3 is 10.6 Å². The summed E-state index contributed by atoms with van der Waals surface area (Å²) in [6.45, 7) is 4.82. The van der Waals surface area contributed by atoms with Crippen molar-refractivity contribution in [3.8, 4) is 0 Å². The molecule has 0 radical (unpaired) electrons. The summed E-state index contributed by atoms with van der Waals surface area (Å²) in [5.74, 6) is 0.707. The Balaban J connectivity index is 2.49. The van der Waals surface area contributed by atoms with Gasteiger partial charge in [0, 0.05) is 19.6 Å². The van der Waals surface area contributed by atoms with Gasteiger partial charge in [-0.25, -0.2) is 13.6 Å². The molecule has 0 saturated carbocycles. The van der Waals surface area contributed by atoms with E-state index in [0.29, 0.717) is 18.5 Å². The third kappa shape index (κ3) is 7.79. The molecule has 1 atom stereocenters. The lowest BCUT2D eigenvalue weighted by atomic mass is 10.1. The third-order valence-electron chi connectivity index (χ3n) is 3.78. The quantitative estimate of drug-likeness (QED) is 0.360. The summed E-state index contributed by atoms with van der Waals surface area (Å²) in [6, 6.07) is 6.93. The average molecular weight is 355 g/mol. The molecule has 1 unspecified atom stereocenters. The van der Waals surface area contributed by atoms with Crippen LogP contribution in [0.5, 0.6) is 0 Å². The molecule has 0 fully saturated rings. The molecule has 1 rings (SSSR count). The van der Waals surface area contributed by atoms with Crippen molar-refractivity contribution >= 4 is 16.0 Å². The molecule has 1 aromatic rings. The topological polar surface area (TPSA) is 96.6 Å². The number of benzene rings is 1. The number of hydrogen-bond acceptors (Lipinski definition) is 3. The summed E-state index contributed by atoms with van der Waals surface area (Å²) < 4.78 is 22.8. The lowest BCUT2D eigenvalue weighted by Crippen LogP contribution is -2.41. The second-order valence-electron chi connectivity index (χ2n) is 6.01. The number of nitrogens with one attached hydrogen (secondary N) is 2. The number of guanidine groups is 1. The molecule has 0 aliphatic carbocycles. The fourth-order valence-corrected chi connectivity index (χ4v) is 2.98. The highest BCUT2D eigenvalue weighted by atomic mass is 32.2. The van der Waals surface area contributed by atoms with E-state index in [1.54, 1.807) is 19.2 Å². The van der Waals surface area contributed by atoms with Gasteiger partial charge in [-0.2, -0.15) is 0 Å². The largest absolute Gasteiger partial charge is 0.354 e. The average Bonchev–Trinajstić information content (AvgIpc) is 2.55. The Bertz CT molecular complexity index is 629. The first-order chi connectivity index (χ1) is 11.4. The molecule has 0 heterocycles. The molecule has 1 aromatic carbocycles. The first-order valence-electron chi connectivity index (χ1n) is 8.45. The Morgan fingerprint density at radius 1 is 1.29 bits per heavy atom. The maximum Gasteiger partial charge on any atom is 0.238 e. The molecule has 6 nitrogen and oxygen atoms in total.